The number of rotatable bonds is 2. The number of esters is 1. The minimum absolute atomic E-state index is 0.311. The second-order valence-electron chi connectivity index (χ2n) is 4.17. The number of benzene rings is 1. The number of hydrogen-bond acceptors (Lipinski definition) is 4. The maximum atomic E-state index is 11.7. The Balaban J connectivity index is 2.27. The third-order valence-electron chi connectivity index (χ3n) is 2.92. The number of carbonyl (C=O) groups is 1. The molecule has 0 saturated carbocycles. The van der Waals surface area contributed by atoms with E-state index in [1.54, 1.807) is 6.92 Å². The first-order valence-electron chi connectivity index (χ1n) is 5.48. The quantitative estimate of drug-likeness (QED) is 0.736. The van der Waals surface area contributed by atoms with Gasteiger partial charge in [0.05, 0.1) is 12.8 Å². The van der Waals surface area contributed by atoms with Gasteiger partial charge in [-0.3, -0.25) is 4.79 Å². The molecule has 1 aromatic carbocycles. The van der Waals surface area contributed by atoms with Crippen LogP contribution in [0.2, 0.25) is 0 Å². The molecule has 0 spiro atoms. The van der Waals surface area contributed by atoms with E-state index in [-0.39, 0.29) is 12.1 Å². The van der Waals surface area contributed by atoms with E-state index in [1.165, 1.54) is 12.7 Å². The van der Waals surface area contributed by atoms with Gasteiger partial charge >= 0.3 is 5.97 Å². The van der Waals surface area contributed by atoms with Crippen molar-refractivity contribution in [2.45, 2.75) is 20.0 Å². The highest BCUT2D eigenvalue weighted by atomic mass is 16.6. The summed E-state index contributed by atoms with van der Waals surface area (Å²) in [4.78, 5) is 17.0. The van der Waals surface area contributed by atoms with E-state index in [4.69, 9.17) is 9.57 Å². The lowest BCUT2D eigenvalue weighted by atomic mass is 9.92. The molecule has 1 aliphatic heterocycles. The van der Waals surface area contributed by atoms with Crippen LogP contribution in [0.5, 0.6) is 0 Å². The van der Waals surface area contributed by atoms with Gasteiger partial charge in [-0.15, -0.1) is 0 Å². The molecular weight excluding hydrogens is 218 g/mol. The maximum absolute atomic E-state index is 11.7. The molecule has 0 aromatic heterocycles. The summed E-state index contributed by atoms with van der Waals surface area (Å²) < 4.78 is 4.78. The van der Waals surface area contributed by atoms with Crippen molar-refractivity contribution in [1.29, 1.82) is 0 Å². The molecule has 90 valence electrons. The fraction of sp³-hybridized carbons (Fsp3) is 0.385. The fourth-order valence-electron chi connectivity index (χ4n) is 1.91. The van der Waals surface area contributed by atoms with Crippen molar-refractivity contribution >= 4 is 11.7 Å². The van der Waals surface area contributed by atoms with Crippen LogP contribution in [0.15, 0.2) is 29.4 Å². The van der Waals surface area contributed by atoms with Gasteiger partial charge in [-0.1, -0.05) is 35.0 Å². The van der Waals surface area contributed by atoms with E-state index < -0.39 is 5.92 Å². The number of nitrogens with zero attached hydrogens (tertiary/aromatic N) is 1. The molecule has 1 unspecified atom stereocenters. The monoisotopic (exact) mass is 233 g/mol. The molecule has 2 atom stereocenters. The SMILES string of the molecule is COC(=O)[C@H]1C(C)=NOC1c1ccc(C)cc1. The summed E-state index contributed by atoms with van der Waals surface area (Å²) in [6.45, 7) is 3.79. The summed E-state index contributed by atoms with van der Waals surface area (Å²) in [5.41, 5.74) is 2.76. The average Bonchev–Trinajstić information content (AvgIpc) is 2.71. The fourth-order valence-corrected chi connectivity index (χ4v) is 1.91. The van der Waals surface area contributed by atoms with Gasteiger partial charge < -0.3 is 9.57 Å². The highest BCUT2D eigenvalue weighted by Crippen LogP contribution is 2.33. The minimum Gasteiger partial charge on any atom is -0.468 e. The van der Waals surface area contributed by atoms with Crippen molar-refractivity contribution in [2.75, 3.05) is 7.11 Å². The number of methoxy groups -OCH3 is 1. The van der Waals surface area contributed by atoms with Crippen molar-refractivity contribution in [1.82, 2.24) is 0 Å². The number of aryl methyl sites for hydroxylation is 1. The van der Waals surface area contributed by atoms with Gasteiger partial charge in [0.2, 0.25) is 0 Å². The van der Waals surface area contributed by atoms with Gasteiger partial charge in [0.25, 0.3) is 0 Å². The topological polar surface area (TPSA) is 47.9 Å². The van der Waals surface area contributed by atoms with Crippen LogP contribution in [-0.4, -0.2) is 18.8 Å². The molecule has 0 N–H and O–H groups in total. The predicted molar refractivity (Wildman–Crippen MR) is 63.6 cm³/mol. The average molecular weight is 233 g/mol. The molecule has 0 saturated heterocycles. The first-order chi connectivity index (χ1) is 8.13. The van der Waals surface area contributed by atoms with Crippen LogP contribution >= 0.6 is 0 Å². The zero-order valence-corrected chi connectivity index (χ0v) is 10.1. The molecule has 0 fully saturated rings. The van der Waals surface area contributed by atoms with Gasteiger partial charge in [0.1, 0.15) is 5.92 Å². The van der Waals surface area contributed by atoms with Crippen molar-refractivity contribution < 1.29 is 14.4 Å². The lowest BCUT2D eigenvalue weighted by Gasteiger charge is -2.16. The summed E-state index contributed by atoms with van der Waals surface area (Å²) >= 11 is 0. The molecule has 0 amide bonds. The van der Waals surface area contributed by atoms with Crippen molar-refractivity contribution in [2.24, 2.45) is 11.1 Å². The molecular formula is C13H15NO3. The molecule has 4 heteroatoms. The van der Waals surface area contributed by atoms with Gasteiger partial charge in [0, 0.05) is 0 Å². The molecule has 2 rings (SSSR count). The second-order valence-corrected chi connectivity index (χ2v) is 4.17. The Hall–Kier alpha value is -1.84. The summed E-state index contributed by atoms with van der Waals surface area (Å²) in [7, 11) is 1.38. The van der Waals surface area contributed by atoms with Crippen LogP contribution in [0.3, 0.4) is 0 Å². The molecule has 1 heterocycles. The number of ether oxygens (including phenoxy) is 1. The molecule has 0 aliphatic carbocycles. The Bertz CT molecular complexity index is 450. The summed E-state index contributed by atoms with van der Waals surface area (Å²) in [5.74, 6) is -0.753. The molecule has 4 nitrogen and oxygen atoms in total. The van der Waals surface area contributed by atoms with Gasteiger partial charge in [-0.05, 0) is 19.4 Å². The minimum atomic E-state index is -0.442. The molecule has 17 heavy (non-hydrogen) atoms. The molecule has 1 aliphatic rings. The second kappa shape index (κ2) is 4.57. The number of oxime groups is 1. The summed E-state index contributed by atoms with van der Waals surface area (Å²) in [5, 5.41) is 3.88. The molecule has 1 aromatic rings. The first kappa shape index (κ1) is 11.6. The number of hydrogen-bond donors (Lipinski definition) is 0. The van der Waals surface area contributed by atoms with Crippen LogP contribution in [0.4, 0.5) is 0 Å². The van der Waals surface area contributed by atoms with Crippen LogP contribution in [-0.2, 0) is 14.4 Å². The Morgan fingerprint density at radius 1 is 1.29 bits per heavy atom. The summed E-state index contributed by atoms with van der Waals surface area (Å²) in [6.07, 6.45) is -0.372. The standard InChI is InChI=1S/C13H15NO3/c1-8-4-6-10(7-5-8)12-11(13(15)16-3)9(2)14-17-12/h4-7,11-12H,1-3H3/t11-,12?/m0/s1. The highest BCUT2D eigenvalue weighted by molar-refractivity contribution is 6.02. The van der Waals surface area contributed by atoms with Crippen LogP contribution < -0.4 is 0 Å². The van der Waals surface area contributed by atoms with E-state index in [0.29, 0.717) is 5.71 Å². The smallest absolute Gasteiger partial charge is 0.318 e. The van der Waals surface area contributed by atoms with E-state index in [1.807, 2.05) is 31.2 Å². The van der Waals surface area contributed by atoms with Crippen LogP contribution in [0, 0.1) is 12.8 Å². The maximum Gasteiger partial charge on any atom is 0.318 e. The van der Waals surface area contributed by atoms with Crippen LogP contribution in [0.25, 0.3) is 0 Å². The Labute approximate surface area is 100 Å². The van der Waals surface area contributed by atoms with Gasteiger partial charge in [0.15, 0.2) is 6.10 Å². The zero-order chi connectivity index (χ0) is 12.4. The normalized spacial score (nSPS) is 22.9. The van der Waals surface area contributed by atoms with E-state index in [2.05, 4.69) is 5.16 Å². The third kappa shape index (κ3) is 2.16. The predicted octanol–water partition coefficient (Wildman–Crippen LogP) is 2.23. The van der Waals surface area contributed by atoms with Gasteiger partial charge in [-0.2, -0.15) is 0 Å². The van der Waals surface area contributed by atoms with Crippen molar-refractivity contribution in [3.63, 3.8) is 0 Å². The van der Waals surface area contributed by atoms with E-state index in [9.17, 15) is 4.79 Å². The highest BCUT2D eigenvalue weighted by Gasteiger charge is 2.39. The first-order valence-corrected chi connectivity index (χ1v) is 5.48. The lowest BCUT2D eigenvalue weighted by molar-refractivity contribution is -0.146. The van der Waals surface area contributed by atoms with Crippen molar-refractivity contribution in [3.8, 4) is 0 Å². The van der Waals surface area contributed by atoms with Crippen molar-refractivity contribution in [3.05, 3.63) is 35.4 Å². The largest absolute Gasteiger partial charge is 0.468 e. The lowest BCUT2D eigenvalue weighted by Crippen LogP contribution is -2.26. The van der Waals surface area contributed by atoms with E-state index >= 15 is 0 Å². The Morgan fingerprint density at radius 2 is 1.94 bits per heavy atom. The number of carbonyl (C=O) groups excluding carboxylic acids is 1. The van der Waals surface area contributed by atoms with E-state index in [0.717, 1.165) is 5.56 Å². The Kier molecular flexibility index (Phi) is 3.13. The zero-order valence-electron chi connectivity index (χ0n) is 10.1. The molecule has 0 radical (unpaired) electrons. The third-order valence-corrected chi connectivity index (χ3v) is 2.92. The van der Waals surface area contributed by atoms with Crippen LogP contribution in [0.1, 0.15) is 24.2 Å². The van der Waals surface area contributed by atoms with Gasteiger partial charge in [-0.25, -0.2) is 0 Å². The Morgan fingerprint density at radius 3 is 2.53 bits per heavy atom. The molecule has 0 bridgehead atoms. The summed E-state index contributed by atoms with van der Waals surface area (Å²) in [6, 6.07) is 7.87.